The molecule has 2 fully saturated rings. The lowest BCUT2D eigenvalue weighted by molar-refractivity contribution is -0.122. The molecule has 1 saturated heterocycles. The van der Waals surface area contributed by atoms with Gasteiger partial charge in [0.05, 0.1) is 12.1 Å². The molecule has 2 N–H and O–H groups in total. The zero-order chi connectivity index (χ0) is 15.5. The molecule has 1 aromatic heterocycles. The van der Waals surface area contributed by atoms with Gasteiger partial charge in [0.25, 0.3) is 0 Å². The van der Waals surface area contributed by atoms with Gasteiger partial charge < -0.3 is 14.9 Å². The van der Waals surface area contributed by atoms with Crippen LogP contribution in [0.5, 0.6) is 0 Å². The van der Waals surface area contributed by atoms with E-state index in [2.05, 4.69) is 20.4 Å². The third-order valence-electron chi connectivity index (χ3n) is 4.56. The van der Waals surface area contributed by atoms with E-state index < -0.39 is 6.10 Å². The first kappa shape index (κ1) is 15.4. The van der Waals surface area contributed by atoms with Crippen LogP contribution in [0, 0.1) is 6.92 Å². The number of hydrogen-bond donors (Lipinski definition) is 2. The van der Waals surface area contributed by atoms with Gasteiger partial charge in [-0.15, -0.1) is 0 Å². The topological polar surface area (TPSA) is 91.5 Å². The maximum atomic E-state index is 12.0. The van der Waals surface area contributed by atoms with E-state index in [4.69, 9.17) is 4.52 Å². The van der Waals surface area contributed by atoms with Gasteiger partial charge in [0.2, 0.25) is 11.8 Å². The molecule has 0 aromatic carbocycles. The van der Waals surface area contributed by atoms with E-state index in [0.29, 0.717) is 43.7 Å². The van der Waals surface area contributed by atoms with E-state index in [1.807, 2.05) is 0 Å². The highest BCUT2D eigenvalue weighted by Gasteiger charge is 2.35. The van der Waals surface area contributed by atoms with E-state index in [9.17, 15) is 9.90 Å². The van der Waals surface area contributed by atoms with Crippen LogP contribution < -0.4 is 5.32 Å². The Labute approximate surface area is 130 Å². The van der Waals surface area contributed by atoms with Crippen molar-refractivity contribution in [2.45, 2.75) is 63.6 Å². The standard InChI is InChI=1S/C15H24N4O3/c1-10-16-15(22-18-10)13-8-12(20)9-19(13)7-6-14(21)17-11-4-2-3-5-11/h11-13,20H,2-9H2,1H3,(H,17,21)/t12-,13-/m1/s1. The molecule has 1 amide bonds. The number of nitrogens with one attached hydrogen (secondary N) is 1. The summed E-state index contributed by atoms with van der Waals surface area (Å²) in [5.41, 5.74) is 0. The van der Waals surface area contributed by atoms with Gasteiger partial charge in [-0.1, -0.05) is 18.0 Å². The third-order valence-corrected chi connectivity index (χ3v) is 4.56. The van der Waals surface area contributed by atoms with E-state index in [1.54, 1.807) is 6.92 Å². The SMILES string of the molecule is Cc1noc([C@H]2C[C@@H](O)CN2CCC(=O)NC2CCCC2)n1. The van der Waals surface area contributed by atoms with Crippen molar-refractivity contribution in [3.05, 3.63) is 11.7 Å². The number of aliphatic hydroxyl groups is 1. The van der Waals surface area contributed by atoms with Crippen molar-refractivity contribution in [3.63, 3.8) is 0 Å². The summed E-state index contributed by atoms with van der Waals surface area (Å²) >= 11 is 0. The minimum absolute atomic E-state index is 0.0875. The first-order valence-corrected chi connectivity index (χ1v) is 8.13. The Balaban J connectivity index is 1.52. The van der Waals surface area contributed by atoms with Gasteiger partial charge in [-0.3, -0.25) is 9.69 Å². The van der Waals surface area contributed by atoms with E-state index in [0.717, 1.165) is 12.8 Å². The monoisotopic (exact) mass is 308 g/mol. The molecule has 122 valence electrons. The molecule has 22 heavy (non-hydrogen) atoms. The Hall–Kier alpha value is -1.47. The quantitative estimate of drug-likeness (QED) is 0.841. The highest BCUT2D eigenvalue weighted by Crippen LogP contribution is 2.31. The van der Waals surface area contributed by atoms with Crippen molar-refractivity contribution in [1.29, 1.82) is 0 Å². The lowest BCUT2D eigenvalue weighted by Gasteiger charge is -2.21. The van der Waals surface area contributed by atoms with Crippen LogP contribution in [0.3, 0.4) is 0 Å². The number of rotatable bonds is 5. The van der Waals surface area contributed by atoms with Crippen LogP contribution in [0.15, 0.2) is 4.52 Å². The van der Waals surface area contributed by atoms with Crippen LogP contribution in [0.2, 0.25) is 0 Å². The zero-order valence-corrected chi connectivity index (χ0v) is 13.0. The highest BCUT2D eigenvalue weighted by molar-refractivity contribution is 5.76. The van der Waals surface area contributed by atoms with Gasteiger partial charge in [-0.2, -0.15) is 4.98 Å². The maximum absolute atomic E-state index is 12.0. The molecule has 2 aliphatic rings. The van der Waals surface area contributed by atoms with Gasteiger partial charge in [-0.05, 0) is 26.2 Å². The molecule has 2 atom stereocenters. The number of β-amino-alcohol motifs (C(OH)–C–C–N with tert-alkyl or cyclic N) is 1. The molecule has 0 radical (unpaired) electrons. The minimum Gasteiger partial charge on any atom is -0.392 e. The predicted octanol–water partition coefficient (Wildman–Crippen LogP) is 0.935. The van der Waals surface area contributed by atoms with Gasteiger partial charge in [-0.25, -0.2) is 0 Å². The van der Waals surface area contributed by atoms with Crippen LogP contribution in [0.1, 0.15) is 56.3 Å². The molecule has 1 aromatic rings. The summed E-state index contributed by atoms with van der Waals surface area (Å²) in [6.45, 7) is 2.92. The summed E-state index contributed by atoms with van der Waals surface area (Å²) in [5.74, 6) is 1.22. The Morgan fingerprint density at radius 1 is 1.45 bits per heavy atom. The molecule has 0 bridgehead atoms. The van der Waals surface area contributed by atoms with Crippen molar-refractivity contribution in [2.75, 3.05) is 13.1 Å². The number of aromatic nitrogens is 2. The molecule has 1 saturated carbocycles. The molecular weight excluding hydrogens is 284 g/mol. The molecule has 7 heteroatoms. The summed E-state index contributed by atoms with van der Waals surface area (Å²) in [6, 6.07) is 0.265. The number of hydrogen-bond acceptors (Lipinski definition) is 6. The summed E-state index contributed by atoms with van der Waals surface area (Å²) < 4.78 is 5.23. The Morgan fingerprint density at radius 2 is 2.23 bits per heavy atom. The van der Waals surface area contributed by atoms with Gasteiger partial charge in [0, 0.05) is 25.6 Å². The van der Waals surface area contributed by atoms with Crippen LogP contribution in [-0.2, 0) is 4.79 Å². The van der Waals surface area contributed by atoms with Gasteiger partial charge in [0.15, 0.2) is 5.82 Å². The van der Waals surface area contributed by atoms with Crippen molar-refractivity contribution in [2.24, 2.45) is 0 Å². The van der Waals surface area contributed by atoms with Crippen LogP contribution in [-0.4, -0.2) is 51.3 Å². The first-order chi connectivity index (χ1) is 10.6. The Kier molecular flexibility index (Phi) is 4.73. The zero-order valence-electron chi connectivity index (χ0n) is 13.0. The molecule has 2 heterocycles. The predicted molar refractivity (Wildman–Crippen MR) is 79.0 cm³/mol. The Morgan fingerprint density at radius 3 is 2.91 bits per heavy atom. The van der Waals surface area contributed by atoms with E-state index in [1.165, 1.54) is 12.8 Å². The van der Waals surface area contributed by atoms with Crippen LogP contribution in [0.4, 0.5) is 0 Å². The minimum atomic E-state index is -0.407. The summed E-state index contributed by atoms with van der Waals surface area (Å²) in [4.78, 5) is 18.4. The smallest absolute Gasteiger partial charge is 0.244 e. The van der Waals surface area contributed by atoms with Crippen molar-refractivity contribution in [1.82, 2.24) is 20.4 Å². The van der Waals surface area contributed by atoms with Crippen molar-refractivity contribution in [3.8, 4) is 0 Å². The molecule has 3 rings (SSSR count). The second kappa shape index (κ2) is 6.75. The average molecular weight is 308 g/mol. The number of aryl methyl sites for hydroxylation is 1. The van der Waals surface area contributed by atoms with E-state index >= 15 is 0 Å². The molecule has 0 spiro atoms. The molecule has 0 unspecified atom stereocenters. The molecule has 7 nitrogen and oxygen atoms in total. The number of carbonyl (C=O) groups excluding carboxylic acids is 1. The first-order valence-electron chi connectivity index (χ1n) is 8.13. The highest BCUT2D eigenvalue weighted by atomic mass is 16.5. The fraction of sp³-hybridized carbons (Fsp3) is 0.800. The lowest BCUT2D eigenvalue weighted by Crippen LogP contribution is -2.36. The lowest BCUT2D eigenvalue weighted by atomic mass is 10.2. The number of nitrogens with zero attached hydrogens (tertiary/aromatic N) is 3. The van der Waals surface area contributed by atoms with Crippen molar-refractivity contribution >= 4 is 5.91 Å². The number of amides is 1. The second-order valence-corrected chi connectivity index (χ2v) is 6.38. The number of carbonyl (C=O) groups is 1. The third kappa shape index (κ3) is 3.64. The normalized spacial score (nSPS) is 26.6. The Bertz CT molecular complexity index is 513. The molecular formula is C15H24N4O3. The van der Waals surface area contributed by atoms with Crippen LogP contribution >= 0.6 is 0 Å². The molecule has 1 aliphatic carbocycles. The number of aliphatic hydroxyl groups excluding tert-OH is 1. The van der Waals surface area contributed by atoms with Crippen molar-refractivity contribution < 1.29 is 14.4 Å². The fourth-order valence-electron chi connectivity index (χ4n) is 3.45. The second-order valence-electron chi connectivity index (χ2n) is 6.38. The average Bonchev–Trinajstić information content (AvgIpc) is 3.18. The van der Waals surface area contributed by atoms with Gasteiger partial charge >= 0.3 is 0 Å². The number of likely N-dealkylation sites (tertiary alicyclic amines) is 1. The van der Waals surface area contributed by atoms with E-state index in [-0.39, 0.29) is 11.9 Å². The van der Waals surface area contributed by atoms with Crippen LogP contribution in [0.25, 0.3) is 0 Å². The maximum Gasteiger partial charge on any atom is 0.244 e. The summed E-state index contributed by atoms with van der Waals surface area (Å²) in [6.07, 6.45) is 5.22. The largest absolute Gasteiger partial charge is 0.392 e. The van der Waals surface area contributed by atoms with Gasteiger partial charge in [0.1, 0.15) is 0 Å². The summed E-state index contributed by atoms with van der Waals surface area (Å²) in [5, 5.41) is 16.8. The fourth-order valence-corrected chi connectivity index (χ4v) is 3.45. The molecule has 1 aliphatic heterocycles. The summed E-state index contributed by atoms with van der Waals surface area (Å²) in [7, 11) is 0.